The monoisotopic (exact) mass is 1770 g/mol. The van der Waals surface area contributed by atoms with Crippen molar-refractivity contribution in [2.45, 2.75) is 236 Å². The molecule has 15 aromatic carbocycles. The summed E-state index contributed by atoms with van der Waals surface area (Å²) in [6.07, 6.45) is 0. The summed E-state index contributed by atoms with van der Waals surface area (Å²) in [5.41, 5.74) is 24.6. The fraction of sp³-hybridized carbons (Fsp3) is 0.286. The van der Waals surface area contributed by atoms with Gasteiger partial charge in [0.15, 0.2) is 0 Å². The molecule has 0 fully saturated rings. The molecule has 0 aliphatic rings. The first-order chi connectivity index (χ1) is 67.9. The Balaban J connectivity index is 0.000000131. The highest BCUT2D eigenvalue weighted by atomic mass is 32.1. The smallest absolute Gasteiger partial charge is 0.143 e. The van der Waals surface area contributed by atoms with Gasteiger partial charge < -0.3 is 13.3 Å². The van der Waals surface area contributed by atoms with Gasteiger partial charge in [0, 0.05) is 83.8 Å². The molecule has 0 spiro atoms. The first-order valence-corrected chi connectivity index (χ1v) is 47.3. The van der Waals surface area contributed by atoms with Crippen molar-refractivity contribution in [2.75, 3.05) is 0 Å². The number of furan rings is 3. The third-order valence-electron chi connectivity index (χ3n) is 24.9. The molecular formula is C126H132O3S2. The third kappa shape index (κ3) is 18.9. The van der Waals surface area contributed by atoms with E-state index in [1.807, 2.05) is 54.6 Å². The van der Waals surface area contributed by atoms with Crippen molar-refractivity contribution in [1.82, 2.24) is 0 Å². The summed E-state index contributed by atoms with van der Waals surface area (Å²) in [5.74, 6) is 0. The van der Waals surface area contributed by atoms with Crippen LogP contribution in [-0.2, 0) is 48.7 Å². The summed E-state index contributed by atoms with van der Waals surface area (Å²) >= 11 is 3.30. The van der Waals surface area contributed by atoms with Gasteiger partial charge >= 0.3 is 0 Å². The standard InChI is InChI=1S/2C30H36O.C22H20O.2C22H20S/c1-28(2,3)20-16-19(17-21(18-20)29(4,5)6)22-12-10-14-24-26(22)27-23(30(7,8)9)13-11-15-25(27)31-24;1-28(2,3)20-16-19(17-21(18-20)29(4,5)6)22-12-10-13-23-24-14-11-15-25(30(7,8)9)27(24)31-26(22)23;2*1-22(2,3)17-12-8-14-19-21(17)20-16(11-7-13-18(20)23-19)15-9-5-4-6-10-15;1-22(2,3)19-14-8-13-18-17-12-7-11-16(20(17)23-21(18)19)15-9-5-4-6-10-15/h2*10-18H,1-9H3;3*4-14H,1-3H3/i;;3*4D,5D,6D,9D,10D. The van der Waals surface area contributed by atoms with Crippen LogP contribution in [0.25, 0.3) is 162 Å². The molecule has 5 aromatic heterocycles. The van der Waals surface area contributed by atoms with Crippen molar-refractivity contribution in [1.29, 1.82) is 0 Å². The molecule has 0 bridgehead atoms. The average Bonchev–Trinajstić information content (AvgIpc) is 1.58. The minimum absolute atomic E-state index is 0.0166. The Morgan fingerprint density at radius 2 is 0.496 bits per heavy atom. The molecule has 131 heavy (non-hydrogen) atoms. The van der Waals surface area contributed by atoms with Gasteiger partial charge in [0.05, 0.1) is 20.6 Å². The molecule has 0 atom stereocenters. The lowest BCUT2D eigenvalue weighted by Gasteiger charge is -2.26. The molecule has 0 saturated carbocycles. The second kappa shape index (κ2) is 35.0. The molecule has 0 aliphatic carbocycles. The van der Waals surface area contributed by atoms with Crippen LogP contribution >= 0.6 is 22.7 Å². The van der Waals surface area contributed by atoms with Crippen molar-refractivity contribution in [3.8, 4) is 55.6 Å². The largest absolute Gasteiger partial charge is 0.456 e. The van der Waals surface area contributed by atoms with E-state index >= 15 is 0 Å². The number of para-hydroxylation sites is 2. The first kappa shape index (κ1) is 74.8. The van der Waals surface area contributed by atoms with E-state index in [9.17, 15) is 0 Å². The number of hydrogen-bond donors (Lipinski definition) is 0. The van der Waals surface area contributed by atoms with Crippen LogP contribution in [0.3, 0.4) is 0 Å². The molecule has 0 saturated heterocycles. The SMILES string of the molecule is CC(C)(C)c1cc(-c2cccc3c2oc2c(C(C)(C)C)cccc23)cc(C(C)(C)C)c1.CC(C)(C)c1cc(-c2cccc3oc4cccc(C(C)(C)C)c4c23)cc(C(C)(C)C)c1.[2H]c1c([2H])c([2H])c(-c2cccc3c2sc2c(C(C)(C)C)cccc23)c([2H])c1[2H].[2H]c1c([2H])c([2H])c(-c2cccc3oc4cccc(C(C)(C)C)c4c23)c([2H])c1[2H].[2H]c1c([2H])c([2H])c(-c2cccc3sc4cccc(C(C)(C)C)c4c23)c([2H])c1[2H]. The van der Waals surface area contributed by atoms with E-state index in [-0.39, 0.29) is 150 Å². The normalized spacial score (nSPS) is 14.3. The van der Waals surface area contributed by atoms with Crippen molar-refractivity contribution in [3.05, 3.63) is 359 Å². The molecule has 0 radical (unpaired) electrons. The number of hydrogen-bond acceptors (Lipinski definition) is 5. The molecule has 5 heteroatoms. The lowest BCUT2D eigenvalue weighted by molar-refractivity contribution is 0.568. The van der Waals surface area contributed by atoms with Crippen LogP contribution < -0.4 is 0 Å². The fourth-order valence-electron chi connectivity index (χ4n) is 17.8. The zero-order valence-electron chi connectivity index (χ0n) is 96.3. The Hall–Kier alpha value is -11.9. The molecule has 0 amide bonds. The van der Waals surface area contributed by atoms with Gasteiger partial charge in [0.25, 0.3) is 0 Å². The fourth-order valence-corrected chi connectivity index (χ4v) is 20.5. The predicted octanol–water partition coefficient (Wildman–Crippen LogP) is 38.9. The lowest BCUT2D eigenvalue weighted by Crippen LogP contribution is -2.16. The van der Waals surface area contributed by atoms with E-state index in [0.29, 0.717) is 22.3 Å². The first-order valence-electron chi connectivity index (χ1n) is 53.2. The van der Waals surface area contributed by atoms with Crippen molar-refractivity contribution in [2.24, 2.45) is 0 Å². The quantitative estimate of drug-likeness (QED) is 0.172. The Kier molecular flexibility index (Phi) is 20.0. The lowest BCUT2D eigenvalue weighted by atomic mass is 9.78. The number of rotatable bonds is 5. The van der Waals surface area contributed by atoms with Gasteiger partial charge in [0.1, 0.15) is 33.5 Å². The molecule has 20 aromatic rings. The highest BCUT2D eigenvalue weighted by Crippen LogP contribution is 2.51. The van der Waals surface area contributed by atoms with Crippen LogP contribution in [0.4, 0.5) is 0 Å². The summed E-state index contributed by atoms with van der Waals surface area (Å²) in [6, 6.07) is 71.7. The summed E-state index contributed by atoms with van der Waals surface area (Å²) < 4.78 is 145. The predicted molar refractivity (Wildman–Crippen MR) is 575 cm³/mol. The van der Waals surface area contributed by atoms with E-state index in [1.54, 1.807) is 34.8 Å². The second-order valence-corrected chi connectivity index (χ2v) is 46.3. The van der Waals surface area contributed by atoms with Crippen LogP contribution in [0.15, 0.2) is 322 Å². The van der Waals surface area contributed by atoms with Gasteiger partial charge in [-0.2, -0.15) is 0 Å². The van der Waals surface area contributed by atoms with Gasteiger partial charge in [-0.3, -0.25) is 0 Å². The van der Waals surface area contributed by atoms with E-state index in [2.05, 4.69) is 339 Å². The Bertz CT molecular complexity index is 8260. The van der Waals surface area contributed by atoms with E-state index in [0.717, 1.165) is 79.9 Å². The third-order valence-corrected chi connectivity index (χ3v) is 27.3. The maximum absolute atomic E-state index is 8.42. The van der Waals surface area contributed by atoms with E-state index in [4.69, 9.17) is 33.8 Å². The van der Waals surface area contributed by atoms with Gasteiger partial charge in [-0.05, 0) is 180 Å². The number of thiophene rings is 2. The van der Waals surface area contributed by atoms with Crippen molar-refractivity contribution < 1.29 is 33.8 Å². The molecule has 20 rings (SSSR count). The van der Waals surface area contributed by atoms with Crippen LogP contribution in [-0.4, -0.2) is 0 Å². The molecule has 0 unspecified atom stereocenters. The highest BCUT2D eigenvalue weighted by molar-refractivity contribution is 7.26. The average molecular weight is 1770 g/mol. The van der Waals surface area contributed by atoms with E-state index < -0.39 is 6.04 Å². The van der Waals surface area contributed by atoms with Crippen LogP contribution in [0.1, 0.15) is 258 Å². The Morgan fingerprint density at radius 3 is 0.916 bits per heavy atom. The van der Waals surface area contributed by atoms with E-state index in [1.165, 1.54) is 93.0 Å². The van der Waals surface area contributed by atoms with Gasteiger partial charge in [0.2, 0.25) is 0 Å². The topological polar surface area (TPSA) is 39.4 Å². The Morgan fingerprint density at radius 1 is 0.206 bits per heavy atom. The summed E-state index contributed by atoms with van der Waals surface area (Å²) in [5, 5.41) is 10.8. The second-order valence-electron chi connectivity index (χ2n) is 44.2. The Labute approximate surface area is 808 Å². The van der Waals surface area contributed by atoms with Gasteiger partial charge in [-0.15, -0.1) is 22.7 Å². The number of benzene rings is 15. The summed E-state index contributed by atoms with van der Waals surface area (Å²) in [4.78, 5) is 0. The zero-order valence-corrected chi connectivity index (χ0v) is 83.0. The summed E-state index contributed by atoms with van der Waals surface area (Å²) in [7, 11) is 0. The van der Waals surface area contributed by atoms with Crippen molar-refractivity contribution in [3.63, 3.8) is 0 Å². The molecule has 666 valence electrons. The maximum atomic E-state index is 8.42. The van der Waals surface area contributed by atoms with Gasteiger partial charge in [-0.25, -0.2) is 0 Å². The van der Waals surface area contributed by atoms with Crippen LogP contribution in [0, 0.1) is 0 Å². The molecule has 0 N–H and O–H groups in total. The highest BCUT2D eigenvalue weighted by Gasteiger charge is 2.31. The molecule has 0 aliphatic heterocycles. The maximum Gasteiger partial charge on any atom is 0.143 e. The van der Waals surface area contributed by atoms with Crippen LogP contribution in [0.2, 0.25) is 0 Å². The molecule has 5 heterocycles. The molecular weight excluding hydrogens is 1630 g/mol. The minimum Gasteiger partial charge on any atom is -0.456 e. The van der Waals surface area contributed by atoms with Gasteiger partial charge in [-0.1, -0.05) is 460 Å². The van der Waals surface area contributed by atoms with Crippen molar-refractivity contribution >= 4 is 129 Å². The summed E-state index contributed by atoms with van der Waals surface area (Å²) in [6.45, 7) is 60.5. The number of fused-ring (bicyclic) bond motifs is 15. The zero-order chi connectivity index (χ0) is 107. The van der Waals surface area contributed by atoms with Crippen LogP contribution in [0.5, 0.6) is 0 Å². The minimum atomic E-state index is -0.390. The molecule has 3 nitrogen and oxygen atoms in total.